The molecule has 4 nitrogen and oxygen atoms in total. The molecule has 0 saturated heterocycles. The topological polar surface area (TPSA) is 63.6 Å². The number of hydrogen-bond donors (Lipinski definition) is 1. The molecule has 0 aliphatic carbocycles. The SMILES string of the molecule is CC(=O)C(C)OC(=O)c1cccc(O)c1. The lowest BCUT2D eigenvalue weighted by Crippen LogP contribution is -2.21. The van der Waals surface area contributed by atoms with Crippen LogP contribution in [0.1, 0.15) is 24.2 Å². The number of benzene rings is 1. The molecule has 4 heteroatoms. The van der Waals surface area contributed by atoms with Crippen LogP contribution < -0.4 is 0 Å². The van der Waals surface area contributed by atoms with Gasteiger partial charge in [-0.05, 0) is 32.0 Å². The number of ether oxygens (including phenoxy) is 1. The van der Waals surface area contributed by atoms with Crippen LogP contribution in [0, 0.1) is 0 Å². The lowest BCUT2D eigenvalue weighted by atomic mass is 10.2. The molecule has 1 aromatic carbocycles. The molecule has 0 spiro atoms. The molecule has 80 valence electrons. The maximum absolute atomic E-state index is 11.4. The van der Waals surface area contributed by atoms with E-state index in [0.717, 1.165) is 0 Å². The van der Waals surface area contributed by atoms with Crippen molar-refractivity contribution in [3.05, 3.63) is 29.8 Å². The first-order valence-corrected chi connectivity index (χ1v) is 4.51. The van der Waals surface area contributed by atoms with Gasteiger partial charge in [-0.15, -0.1) is 0 Å². The summed E-state index contributed by atoms with van der Waals surface area (Å²) in [5.41, 5.74) is 0.225. The molecule has 0 amide bonds. The van der Waals surface area contributed by atoms with E-state index in [9.17, 15) is 9.59 Å². The molecule has 0 radical (unpaired) electrons. The maximum Gasteiger partial charge on any atom is 0.338 e. The number of aromatic hydroxyl groups is 1. The van der Waals surface area contributed by atoms with E-state index in [4.69, 9.17) is 9.84 Å². The van der Waals surface area contributed by atoms with Gasteiger partial charge in [0, 0.05) is 0 Å². The summed E-state index contributed by atoms with van der Waals surface area (Å²) in [6.07, 6.45) is -0.764. The first kappa shape index (κ1) is 11.2. The summed E-state index contributed by atoms with van der Waals surface area (Å²) in [6.45, 7) is 2.85. The molecular formula is C11H12O4. The van der Waals surface area contributed by atoms with Gasteiger partial charge in [-0.2, -0.15) is 0 Å². The van der Waals surface area contributed by atoms with Crippen LogP contribution in [0.15, 0.2) is 24.3 Å². The quantitative estimate of drug-likeness (QED) is 0.765. The minimum Gasteiger partial charge on any atom is -0.508 e. The van der Waals surface area contributed by atoms with Gasteiger partial charge < -0.3 is 9.84 Å². The molecular weight excluding hydrogens is 196 g/mol. The monoisotopic (exact) mass is 208 g/mol. The molecule has 1 atom stereocenters. The fourth-order valence-electron chi connectivity index (χ4n) is 0.944. The normalized spacial score (nSPS) is 11.9. The number of phenols is 1. The smallest absolute Gasteiger partial charge is 0.338 e. The molecule has 1 rings (SSSR count). The molecule has 0 bridgehead atoms. The number of rotatable bonds is 3. The zero-order valence-corrected chi connectivity index (χ0v) is 8.56. The van der Waals surface area contributed by atoms with Crippen molar-refractivity contribution < 1.29 is 19.4 Å². The minimum absolute atomic E-state index is 0.0140. The largest absolute Gasteiger partial charge is 0.508 e. The molecule has 1 aromatic rings. The Morgan fingerprint density at radius 1 is 1.40 bits per heavy atom. The molecule has 0 fully saturated rings. The van der Waals surface area contributed by atoms with Crippen LogP contribution in [-0.4, -0.2) is 23.0 Å². The van der Waals surface area contributed by atoms with E-state index in [-0.39, 0.29) is 17.1 Å². The summed E-state index contributed by atoms with van der Waals surface area (Å²) in [6, 6.07) is 5.78. The van der Waals surface area contributed by atoms with E-state index in [2.05, 4.69) is 0 Å². The van der Waals surface area contributed by atoms with Gasteiger partial charge in [0.25, 0.3) is 0 Å². The summed E-state index contributed by atoms with van der Waals surface area (Å²) in [5.74, 6) is -0.850. The van der Waals surface area contributed by atoms with Gasteiger partial charge in [0.1, 0.15) is 5.75 Å². The second-order valence-electron chi connectivity index (χ2n) is 3.21. The highest BCUT2D eigenvalue weighted by Gasteiger charge is 2.15. The number of phenolic OH excluding ortho intramolecular Hbond substituents is 1. The fraction of sp³-hybridized carbons (Fsp3) is 0.273. The van der Waals surface area contributed by atoms with Crippen molar-refractivity contribution in [1.82, 2.24) is 0 Å². The van der Waals surface area contributed by atoms with E-state index in [1.165, 1.54) is 38.1 Å². The van der Waals surface area contributed by atoms with Gasteiger partial charge in [0.15, 0.2) is 11.9 Å². The molecule has 0 aliphatic heterocycles. The highest BCUT2D eigenvalue weighted by atomic mass is 16.5. The van der Waals surface area contributed by atoms with Crippen LogP contribution >= 0.6 is 0 Å². The molecule has 15 heavy (non-hydrogen) atoms. The highest BCUT2D eigenvalue weighted by Crippen LogP contribution is 2.12. The highest BCUT2D eigenvalue weighted by molar-refractivity contribution is 5.92. The van der Waals surface area contributed by atoms with Crippen molar-refractivity contribution in [3.63, 3.8) is 0 Å². The van der Waals surface area contributed by atoms with E-state index >= 15 is 0 Å². The predicted octanol–water partition coefficient (Wildman–Crippen LogP) is 1.53. The predicted molar refractivity (Wildman–Crippen MR) is 53.7 cm³/mol. The Labute approximate surface area is 87.5 Å². The minimum atomic E-state index is -0.764. The average Bonchev–Trinajstić information content (AvgIpc) is 2.17. The van der Waals surface area contributed by atoms with Crippen molar-refractivity contribution in [3.8, 4) is 5.75 Å². The van der Waals surface area contributed by atoms with E-state index in [0.29, 0.717) is 0 Å². The molecule has 1 N–H and O–H groups in total. The zero-order valence-electron chi connectivity index (χ0n) is 8.56. The summed E-state index contributed by atoms with van der Waals surface area (Å²) in [4.78, 5) is 22.3. The van der Waals surface area contributed by atoms with E-state index in [1.807, 2.05) is 0 Å². The summed E-state index contributed by atoms with van der Waals surface area (Å²) < 4.78 is 4.85. The standard InChI is InChI=1S/C11H12O4/c1-7(12)8(2)15-11(14)9-4-3-5-10(13)6-9/h3-6,8,13H,1-2H3. The maximum atomic E-state index is 11.4. The Morgan fingerprint density at radius 3 is 2.60 bits per heavy atom. The fourth-order valence-corrected chi connectivity index (χ4v) is 0.944. The second-order valence-corrected chi connectivity index (χ2v) is 3.21. The Hall–Kier alpha value is -1.84. The number of hydrogen-bond acceptors (Lipinski definition) is 4. The number of esters is 1. The Bertz CT molecular complexity index is 384. The number of ketones is 1. The number of carbonyl (C=O) groups is 2. The molecule has 0 heterocycles. The average molecular weight is 208 g/mol. The Morgan fingerprint density at radius 2 is 2.07 bits per heavy atom. The molecule has 0 aliphatic rings. The van der Waals surface area contributed by atoms with Crippen molar-refractivity contribution >= 4 is 11.8 Å². The van der Waals surface area contributed by atoms with Gasteiger partial charge in [0.05, 0.1) is 5.56 Å². The van der Waals surface area contributed by atoms with Crippen molar-refractivity contribution in [2.24, 2.45) is 0 Å². The van der Waals surface area contributed by atoms with Gasteiger partial charge in [-0.3, -0.25) is 4.79 Å². The van der Waals surface area contributed by atoms with Crippen LogP contribution in [0.25, 0.3) is 0 Å². The van der Waals surface area contributed by atoms with Crippen molar-refractivity contribution in [1.29, 1.82) is 0 Å². The van der Waals surface area contributed by atoms with Crippen molar-refractivity contribution in [2.75, 3.05) is 0 Å². The third-order valence-corrected chi connectivity index (χ3v) is 1.94. The number of carbonyl (C=O) groups excluding carboxylic acids is 2. The van der Waals surface area contributed by atoms with Crippen LogP contribution in [0.3, 0.4) is 0 Å². The van der Waals surface area contributed by atoms with Crippen LogP contribution in [0.4, 0.5) is 0 Å². The third-order valence-electron chi connectivity index (χ3n) is 1.94. The van der Waals surface area contributed by atoms with E-state index in [1.54, 1.807) is 0 Å². The first-order chi connectivity index (χ1) is 7.00. The zero-order chi connectivity index (χ0) is 11.4. The number of Topliss-reactive ketones (excluding diaryl/α,β-unsaturated/α-hetero) is 1. The molecule has 1 unspecified atom stereocenters. The second kappa shape index (κ2) is 4.59. The van der Waals surface area contributed by atoms with Gasteiger partial charge in [-0.25, -0.2) is 4.79 Å². The summed E-state index contributed by atoms with van der Waals surface area (Å²) in [5, 5.41) is 9.13. The summed E-state index contributed by atoms with van der Waals surface area (Å²) >= 11 is 0. The lowest BCUT2D eigenvalue weighted by molar-refractivity contribution is -0.124. The van der Waals surface area contributed by atoms with Gasteiger partial charge in [-0.1, -0.05) is 6.07 Å². The van der Waals surface area contributed by atoms with Crippen LogP contribution in [0.2, 0.25) is 0 Å². The molecule has 0 aromatic heterocycles. The van der Waals surface area contributed by atoms with E-state index < -0.39 is 12.1 Å². The molecule has 0 saturated carbocycles. The van der Waals surface area contributed by atoms with Crippen LogP contribution in [0.5, 0.6) is 5.75 Å². The van der Waals surface area contributed by atoms with Gasteiger partial charge in [0.2, 0.25) is 0 Å². The third kappa shape index (κ3) is 3.09. The Kier molecular flexibility index (Phi) is 3.44. The summed E-state index contributed by atoms with van der Waals surface area (Å²) in [7, 11) is 0. The lowest BCUT2D eigenvalue weighted by Gasteiger charge is -2.09. The Balaban J connectivity index is 2.73. The first-order valence-electron chi connectivity index (χ1n) is 4.51. The van der Waals surface area contributed by atoms with Crippen LogP contribution in [-0.2, 0) is 9.53 Å². The van der Waals surface area contributed by atoms with Gasteiger partial charge >= 0.3 is 5.97 Å². The van der Waals surface area contributed by atoms with Crippen molar-refractivity contribution in [2.45, 2.75) is 20.0 Å².